The first-order valence-electron chi connectivity index (χ1n) is 9.49. The van der Waals surface area contributed by atoms with Crippen molar-refractivity contribution in [3.05, 3.63) is 35.4 Å². The molecule has 138 valence electrons. The molecule has 1 N–H and O–H groups in total. The number of nitrogens with one attached hydrogen (secondary N) is 1. The van der Waals surface area contributed by atoms with E-state index in [1.165, 1.54) is 12.0 Å². The van der Waals surface area contributed by atoms with Crippen LogP contribution in [0.2, 0.25) is 0 Å². The first-order chi connectivity index (χ1) is 12.2. The number of carbonyl (C=O) groups excluding carboxylic acids is 1. The largest absolute Gasteiger partial charge is 0.379 e. The minimum absolute atomic E-state index is 0.0224. The number of amides is 1. The fraction of sp³-hybridized carbons (Fsp3) is 0.650. The molecule has 1 heterocycles. The number of ether oxygens (including phenoxy) is 1. The Morgan fingerprint density at radius 2 is 1.96 bits per heavy atom. The van der Waals surface area contributed by atoms with Crippen LogP contribution in [0.3, 0.4) is 0 Å². The summed E-state index contributed by atoms with van der Waals surface area (Å²) in [5.41, 5.74) is 1.97. The molecule has 1 aromatic rings. The van der Waals surface area contributed by atoms with Gasteiger partial charge in [-0.25, -0.2) is 0 Å². The quantitative estimate of drug-likeness (QED) is 0.888. The Kier molecular flexibility index (Phi) is 6.45. The Balaban J connectivity index is 1.59. The van der Waals surface area contributed by atoms with Gasteiger partial charge in [0.2, 0.25) is 0 Å². The van der Waals surface area contributed by atoms with Gasteiger partial charge in [-0.05, 0) is 37.6 Å². The van der Waals surface area contributed by atoms with E-state index in [9.17, 15) is 4.79 Å². The van der Waals surface area contributed by atoms with Crippen LogP contribution in [0, 0.1) is 0 Å². The Morgan fingerprint density at radius 3 is 2.72 bits per heavy atom. The lowest BCUT2D eigenvalue weighted by molar-refractivity contribution is 0.0392. The van der Waals surface area contributed by atoms with E-state index in [-0.39, 0.29) is 18.1 Å². The lowest BCUT2D eigenvalue weighted by Crippen LogP contribution is -2.46. The molecule has 1 aliphatic carbocycles. The standard InChI is InChI=1S/C20H31N3O2/c1-22-10-12-23(13-11-22)15-16-6-5-7-17(14-16)20(24)21-18-8-3-4-9-19(18)25-2/h5-7,14,18-19H,3-4,8-13,15H2,1-2H3,(H,21,24)/t18-,19+/m1/s1. The van der Waals surface area contributed by atoms with Crippen molar-refractivity contribution in [3.63, 3.8) is 0 Å². The summed E-state index contributed by atoms with van der Waals surface area (Å²) in [6.45, 7) is 5.31. The van der Waals surface area contributed by atoms with Crippen LogP contribution in [0.4, 0.5) is 0 Å². The molecule has 3 rings (SSSR count). The molecule has 0 unspecified atom stereocenters. The highest BCUT2D eigenvalue weighted by Crippen LogP contribution is 2.21. The Bertz CT molecular complexity index is 570. The lowest BCUT2D eigenvalue weighted by Gasteiger charge is -2.32. The second kappa shape index (κ2) is 8.79. The van der Waals surface area contributed by atoms with Crippen molar-refractivity contribution in [1.29, 1.82) is 0 Å². The van der Waals surface area contributed by atoms with Crippen molar-refractivity contribution < 1.29 is 9.53 Å². The van der Waals surface area contributed by atoms with Gasteiger partial charge < -0.3 is 15.0 Å². The molecule has 25 heavy (non-hydrogen) atoms. The van der Waals surface area contributed by atoms with Crippen LogP contribution in [0.15, 0.2) is 24.3 Å². The third-order valence-electron chi connectivity index (χ3n) is 5.51. The Labute approximate surface area is 151 Å². The first kappa shape index (κ1) is 18.4. The fourth-order valence-electron chi connectivity index (χ4n) is 3.87. The third-order valence-corrected chi connectivity index (χ3v) is 5.51. The van der Waals surface area contributed by atoms with E-state index in [0.29, 0.717) is 0 Å². The maximum absolute atomic E-state index is 12.7. The van der Waals surface area contributed by atoms with Crippen LogP contribution >= 0.6 is 0 Å². The number of rotatable bonds is 5. The maximum Gasteiger partial charge on any atom is 0.251 e. The lowest BCUT2D eigenvalue weighted by atomic mass is 9.92. The van der Waals surface area contributed by atoms with Crippen molar-refractivity contribution in [3.8, 4) is 0 Å². The second-order valence-corrected chi connectivity index (χ2v) is 7.42. The maximum atomic E-state index is 12.7. The Morgan fingerprint density at radius 1 is 1.20 bits per heavy atom. The SMILES string of the molecule is CO[C@H]1CCCC[C@H]1NC(=O)c1cccc(CN2CCN(C)CC2)c1. The molecule has 0 aromatic heterocycles. The molecule has 0 spiro atoms. The van der Waals surface area contributed by atoms with Gasteiger partial charge >= 0.3 is 0 Å². The molecule has 2 aliphatic rings. The second-order valence-electron chi connectivity index (χ2n) is 7.42. The van der Waals surface area contributed by atoms with Crippen LogP contribution in [0.5, 0.6) is 0 Å². The van der Waals surface area contributed by atoms with E-state index in [0.717, 1.165) is 57.5 Å². The average Bonchev–Trinajstić information content (AvgIpc) is 2.64. The summed E-state index contributed by atoms with van der Waals surface area (Å²) in [5, 5.41) is 3.19. The molecule has 1 amide bonds. The number of hydrogen-bond donors (Lipinski definition) is 1. The molecule has 1 saturated heterocycles. The summed E-state index contributed by atoms with van der Waals surface area (Å²) in [5.74, 6) is 0.0224. The summed E-state index contributed by atoms with van der Waals surface area (Å²) < 4.78 is 5.55. The first-order valence-corrected chi connectivity index (χ1v) is 9.49. The molecule has 1 aromatic carbocycles. The number of benzene rings is 1. The molecule has 2 fully saturated rings. The molecular formula is C20H31N3O2. The predicted molar refractivity (Wildman–Crippen MR) is 99.7 cm³/mol. The number of nitrogens with zero attached hydrogens (tertiary/aromatic N) is 2. The van der Waals surface area contributed by atoms with Gasteiger partial charge in [0.25, 0.3) is 5.91 Å². The molecule has 1 saturated carbocycles. The van der Waals surface area contributed by atoms with Gasteiger partial charge in [0.15, 0.2) is 0 Å². The van der Waals surface area contributed by atoms with Crippen LogP contribution in [-0.4, -0.2) is 68.2 Å². The van der Waals surface area contributed by atoms with Crippen LogP contribution < -0.4 is 5.32 Å². The van der Waals surface area contributed by atoms with Crippen molar-refractivity contribution in [2.24, 2.45) is 0 Å². The molecular weight excluding hydrogens is 314 g/mol. The van der Waals surface area contributed by atoms with Crippen molar-refractivity contribution in [2.75, 3.05) is 40.3 Å². The number of carbonyl (C=O) groups is 1. The fourth-order valence-corrected chi connectivity index (χ4v) is 3.87. The van der Waals surface area contributed by atoms with Crippen molar-refractivity contribution in [2.45, 2.75) is 44.4 Å². The monoisotopic (exact) mass is 345 g/mol. The van der Waals surface area contributed by atoms with E-state index >= 15 is 0 Å². The number of hydrogen-bond acceptors (Lipinski definition) is 4. The van der Waals surface area contributed by atoms with Crippen molar-refractivity contribution >= 4 is 5.91 Å². The van der Waals surface area contributed by atoms with Gasteiger partial charge in [0.1, 0.15) is 0 Å². The van der Waals surface area contributed by atoms with Gasteiger partial charge in [0.05, 0.1) is 12.1 Å². The highest BCUT2D eigenvalue weighted by molar-refractivity contribution is 5.94. The van der Waals surface area contributed by atoms with Crippen LogP contribution in [0.1, 0.15) is 41.6 Å². The highest BCUT2D eigenvalue weighted by Gasteiger charge is 2.26. The van der Waals surface area contributed by atoms with E-state index in [2.05, 4.69) is 28.2 Å². The molecule has 0 radical (unpaired) electrons. The summed E-state index contributed by atoms with van der Waals surface area (Å²) in [6.07, 6.45) is 4.53. The Hall–Kier alpha value is -1.43. The third kappa shape index (κ3) is 5.03. The number of likely N-dealkylation sites (N-methyl/N-ethyl adjacent to an activating group) is 1. The van der Waals surface area contributed by atoms with E-state index in [4.69, 9.17) is 4.74 Å². The number of methoxy groups -OCH3 is 1. The van der Waals surface area contributed by atoms with Gasteiger partial charge in [-0.15, -0.1) is 0 Å². The van der Waals surface area contributed by atoms with Gasteiger partial charge in [0, 0.05) is 45.4 Å². The summed E-state index contributed by atoms with van der Waals surface area (Å²) in [4.78, 5) is 17.5. The molecule has 5 heteroatoms. The van der Waals surface area contributed by atoms with Gasteiger partial charge in [-0.3, -0.25) is 9.69 Å². The molecule has 1 aliphatic heterocycles. The summed E-state index contributed by atoms with van der Waals surface area (Å²) in [6, 6.07) is 8.20. The van der Waals surface area contributed by atoms with Crippen LogP contribution in [-0.2, 0) is 11.3 Å². The molecule has 2 atom stereocenters. The van der Waals surface area contributed by atoms with Crippen LogP contribution in [0.25, 0.3) is 0 Å². The minimum atomic E-state index is 0.0224. The van der Waals surface area contributed by atoms with Gasteiger partial charge in [-0.2, -0.15) is 0 Å². The zero-order valence-electron chi connectivity index (χ0n) is 15.5. The zero-order chi connectivity index (χ0) is 17.6. The predicted octanol–water partition coefficient (Wildman–Crippen LogP) is 2.12. The normalized spacial score (nSPS) is 25.7. The van der Waals surface area contributed by atoms with E-state index in [1.54, 1.807) is 7.11 Å². The summed E-state index contributed by atoms with van der Waals surface area (Å²) in [7, 11) is 3.91. The smallest absolute Gasteiger partial charge is 0.251 e. The highest BCUT2D eigenvalue weighted by atomic mass is 16.5. The van der Waals surface area contributed by atoms with Gasteiger partial charge in [-0.1, -0.05) is 25.0 Å². The van der Waals surface area contributed by atoms with E-state index < -0.39 is 0 Å². The topological polar surface area (TPSA) is 44.8 Å². The molecule has 5 nitrogen and oxygen atoms in total. The minimum Gasteiger partial charge on any atom is -0.379 e. The zero-order valence-corrected chi connectivity index (χ0v) is 15.5. The molecule has 0 bridgehead atoms. The van der Waals surface area contributed by atoms with Crippen molar-refractivity contribution in [1.82, 2.24) is 15.1 Å². The average molecular weight is 345 g/mol. The van der Waals surface area contributed by atoms with E-state index in [1.807, 2.05) is 18.2 Å². The summed E-state index contributed by atoms with van der Waals surface area (Å²) >= 11 is 0. The number of piperazine rings is 1.